The maximum Gasteiger partial charge on any atom is 0.231 e. The van der Waals surface area contributed by atoms with Crippen molar-refractivity contribution in [1.29, 1.82) is 0 Å². The monoisotopic (exact) mass is 229 g/mol. The summed E-state index contributed by atoms with van der Waals surface area (Å²) in [7, 11) is 0. The Hall–Kier alpha value is -1.94. The predicted octanol–water partition coefficient (Wildman–Crippen LogP) is 3.12. The maximum absolute atomic E-state index is 12.1. The molecular weight excluding hydrogens is 222 g/mol. The van der Waals surface area contributed by atoms with Gasteiger partial charge in [-0.2, -0.15) is 0 Å². The van der Waals surface area contributed by atoms with Crippen LogP contribution in [0.1, 0.15) is 16.1 Å². The fourth-order valence-electron chi connectivity index (χ4n) is 1.57. The van der Waals surface area contributed by atoms with Gasteiger partial charge in [-0.25, -0.2) is 0 Å². The fraction of sp³-hybridized carbons (Fsp3) is 0. The van der Waals surface area contributed by atoms with Crippen molar-refractivity contribution in [3.8, 4) is 0 Å². The van der Waals surface area contributed by atoms with Gasteiger partial charge in [0.15, 0.2) is 4.83 Å². The minimum absolute atomic E-state index is 0.124. The Labute approximate surface area is 95.3 Å². The molecule has 0 atom stereocenters. The van der Waals surface area contributed by atoms with E-state index in [9.17, 15) is 4.79 Å². The Balaban J connectivity index is 2.12. The van der Waals surface area contributed by atoms with Crippen molar-refractivity contribution in [3.05, 3.63) is 53.1 Å². The Kier molecular flexibility index (Phi) is 2.08. The van der Waals surface area contributed by atoms with Crippen LogP contribution >= 0.6 is 11.3 Å². The number of carbonyl (C=O) groups is 1. The van der Waals surface area contributed by atoms with E-state index < -0.39 is 0 Å². The van der Waals surface area contributed by atoms with E-state index in [1.807, 2.05) is 29.6 Å². The van der Waals surface area contributed by atoms with Crippen molar-refractivity contribution >= 4 is 27.3 Å². The molecule has 0 radical (unpaired) electrons. The molecule has 0 aliphatic rings. The van der Waals surface area contributed by atoms with E-state index in [1.54, 1.807) is 12.1 Å². The molecule has 0 fully saturated rings. The first-order valence-corrected chi connectivity index (χ1v) is 5.67. The van der Waals surface area contributed by atoms with E-state index in [0.29, 0.717) is 11.3 Å². The fourth-order valence-corrected chi connectivity index (χ4v) is 2.27. The highest BCUT2D eigenvalue weighted by atomic mass is 32.1. The minimum atomic E-state index is -0.124. The van der Waals surface area contributed by atoms with E-state index in [4.69, 9.17) is 4.52 Å². The zero-order chi connectivity index (χ0) is 11.0. The molecule has 0 bridgehead atoms. The van der Waals surface area contributed by atoms with E-state index in [2.05, 4.69) is 5.16 Å². The first kappa shape index (κ1) is 9.30. The standard InChI is InChI=1S/C12H7NO2S/c14-10(8-4-2-1-3-5-8)11-9-6-7-16-12(9)13-15-11/h1-7H. The molecule has 3 aromatic rings. The second-order valence-electron chi connectivity index (χ2n) is 3.35. The van der Waals surface area contributed by atoms with Gasteiger partial charge < -0.3 is 4.52 Å². The van der Waals surface area contributed by atoms with Gasteiger partial charge in [-0.05, 0) is 11.4 Å². The van der Waals surface area contributed by atoms with Crippen LogP contribution in [0, 0.1) is 0 Å². The van der Waals surface area contributed by atoms with Gasteiger partial charge in [0.05, 0.1) is 5.39 Å². The second kappa shape index (κ2) is 3.57. The van der Waals surface area contributed by atoms with Crippen LogP contribution in [-0.2, 0) is 0 Å². The molecule has 0 saturated carbocycles. The number of benzene rings is 1. The third-order valence-corrected chi connectivity index (χ3v) is 3.14. The Morgan fingerprint density at radius 1 is 1.19 bits per heavy atom. The molecule has 16 heavy (non-hydrogen) atoms. The summed E-state index contributed by atoms with van der Waals surface area (Å²) in [5.74, 6) is 0.198. The van der Waals surface area contributed by atoms with Gasteiger partial charge >= 0.3 is 0 Å². The SMILES string of the molecule is O=C(c1ccccc1)c1onc2sccc12. The molecule has 2 aromatic heterocycles. The molecule has 2 heterocycles. The number of aromatic nitrogens is 1. The molecule has 0 aliphatic heterocycles. The lowest BCUT2D eigenvalue weighted by Gasteiger charge is -1.95. The van der Waals surface area contributed by atoms with Gasteiger partial charge in [0.1, 0.15) is 0 Å². The summed E-state index contributed by atoms with van der Waals surface area (Å²) < 4.78 is 5.08. The number of rotatable bonds is 2. The molecular formula is C12H7NO2S. The molecule has 0 N–H and O–H groups in total. The van der Waals surface area contributed by atoms with Crippen LogP contribution in [-0.4, -0.2) is 10.9 Å². The minimum Gasteiger partial charge on any atom is -0.351 e. The highest BCUT2D eigenvalue weighted by molar-refractivity contribution is 7.16. The summed E-state index contributed by atoms with van der Waals surface area (Å²) in [6, 6.07) is 10.9. The summed E-state index contributed by atoms with van der Waals surface area (Å²) >= 11 is 1.46. The highest BCUT2D eigenvalue weighted by Crippen LogP contribution is 2.25. The molecule has 3 nitrogen and oxygen atoms in total. The Bertz CT molecular complexity index is 639. The largest absolute Gasteiger partial charge is 0.351 e. The normalized spacial score (nSPS) is 10.8. The number of hydrogen-bond acceptors (Lipinski definition) is 4. The molecule has 78 valence electrons. The average molecular weight is 229 g/mol. The first-order valence-electron chi connectivity index (χ1n) is 4.79. The average Bonchev–Trinajstić information content (AvgIpc) is 2.91. The highest BCUT2D eigenvalue weighted by Gasteiger charge is 2.18. The number of carbonyl (C=O) groups excluding carboxylic acids is 1. The molecule has 4 heteroatoms. The van der Waals surface area contributed by atoms with Crippen LogP contribution in [0.2, 0.25) is 0 Å². The summed E-state index contributed by atoms with van der Waals surface area (Å²) in [5.41, 5.74) is 0.617. The number of nitrogens with zero attached hydrogens (tertiary/aromatic N) is 1. The smallest absolute Gasteiger partial charge is 0.231 e. The maximum atomic E-state index is 12.1. The van der Waals surface area contributed by atoms with E-state index in [-0.39, 0.29) is 5.78 Å². The van der Waals surface area contributed by atoms with E-state index in [1.165, 1.54) is 11.3 Å². The van der Waals surface area contributed by atoms with Crippen LogP contribution in [0.5, 0.6) is 0 Å². The third-order valence-electron chi connectivity index (χ3n) is 2.35. The van der Waals surface area contributed by atoms with Crippen molar-refractivity contribution in [2.45, 2.75) is 0 Å². The van der Waals surface area contributed by atoms with Gasteiger partial charge in [0.25, 0.3) is 0 Å². The molecule has 3 rings (SSSR count). The molecule has 0 spiro atoms. The van der Waals surface area contributed by atoms with Crippen molar-refractivity contribution < 1.29 is 9.32 Å². The van der Waals surface area contributed by atoms with Gasteiger partial charge in [-0.1, -0.05) is 35.5 Å². The quantitative estimate of drug-likeness (QED) is 0.634. The third kappa shape index (κ3) is 1.35. The number of ketones is 1. The van der Waals surface area contributed by atoms with Crippen LogP contribution in [0.15, 0.2) is 46.3 Å². The summed E-state index contributed by atoms with van der Waals surface area (Å²) in [6.07, 6.45) is 0. The first-order chi connectivity index (χ1) is 7.86. The van der Waals surface area contributed by atoms with E-state index in [0.717, 1.165) is 10.2 Å². The zero-order valence-electron chi connectivity index (χ0n) is 8.21. The summed E-state index contributed by atoms with van der Waals surface area (Å²) in [6.45, 7) is 0. The van der Waals surface area contributed by atoms with Gasteiger partial charge in [-0.15, -0.1) is 11.3 Å². The van der Waals surface area contributed by atoms with Gasteiger partial charge in [-0.3, -0.25) is 4.79 Å². The topological polar surface area (TPSA) is 43.1 Å². The molecule has 0 saturated heterocycles. The predicted molar refractivity (Wildman–Crippen MR) is 61.8 cm³/mol. The van der Waals surface area contributed by atoms with Crippen molar-refractivity contribution in [2.75, 3.05) is 0 Å². The lowest BCUT2D eigenvalue weighted by atomic mass is 10.1. The second-order valence-corrected chi connectivity index (χ2v) is 4.24. The van der Waals surface area contributed by atoms with Crippen LogP contribution in [0.4, 0.5) is 0 Å². The Morgan fingerprint density at radius 2 is 2.00 bits per heavy atom. The lowest BCUT2D eigenvalue weighted by molar-refractivity contribution is 0.100. The number of hydrogen-bond donors (Lipinski definition) is 0. The molecule has 0 amide bonds. The lowest BCUT2D eigenvalue weighted by Crippen LogP contribution is -1.99. The summed E-state index contributed by atoms with van der Waals surface area (Å²) in [5, 5.41) is 6.54. The van der Waals surface area contributed by atoms with Crippen molar-refractivity contribution in [1.82, 2.24) is 5.16 Å². The molecule has 0 aliphatic carbocycles. The van der Waals surface area contributed by atoms with Crippen molar-refractivity contribution in [3.63, 3.8) is 0 Å². The van der Waals surface area contributed by atoms with Crippen LogP contribution in [0.25, 0.3) is 10.2 Å². The summed E-state index contributed by atoms with van der Waals surface area (Å²) in [4.78, 5) is 12.9. The van der Waals surface area contributed by atoms with Crippen LogP contribution in [0.3, 0.4) is 0 Å². The van der Waals surface area contributed by atoms with E-state index >= 15 is 0 Å². The molecule has 1 aromatic carbocycles. The van der Waals surface area contributed by atoms with Crippen molar-refractivity contribution in [2.24, 2.45) is 0 Å². The van der Waals surface area contributed by atoms with Gasteiger partial charge in [0, 0.05) is 5.56 Å². The Morgan fingerprint density at radius 3 is 2.81 bits per heavy atom. The van der Waals surface area contributed by atoms with Crippen LogP contribution < -0.4 is 0 Å². The zero-order valence-corrected chi connectivity index (χ0v) is 9.03. The number of thiophene rings is 1. The molecule has 0 unspecified atom stereocenters. The van der Waals surface area contributed by atoms with Gasteiger partial charge in [0.2, 0.25) is 11.5 Å². The number of fused-ring (bicyclic) bond motifs is 1.